The van der Waals surface area contributed by atoms with Crippen LogP contribution >= 0.6 is 0 Å². The topological polar surface area (TPSA) is 65.7 Å². The lowest BCUT2D eigenvalue weighted by Gasteiger charge is -2.21. The van der Waals surface area contributed by atoms with Crippen LogP contribution in [0.25, 0.3) is 0 Å². The van der Waals surface area contributed by atoms with Gasteiger partial charge in [0.05, 0.1) is 6.26 Å². The summed E-state index contributed by atoms with van der Waals surface area (Å²) >= 11 is 0. The van der Waals surface area contributed by atoms with Gasteiger partial charge in [-0.25, -0.2) is 4.79 Å². The standard InChI is InChI=1S/C13H20N2O3/c1-10(9-15-5-2-3-6-15)14-8-11-4-7-18-12(11)13(16)17/h4,7,10,14H,2-3,5-6,8-9H2,1H3,(H,16,17). The van der Waals surface area contributed by atoms with Crippen molar-refractivity contribution in [2.24, 2.45) is 0 Å². The Bertz CT molecular complexity index is 397. The normalized spacial score (nSPS) is 18.1. The lowest BCUT2D eigenvalue weighted by Crippen LogP contribution is -2.37. The molecule has 1 aromatic rings. The molecule has 0 aromatic carbocycles. The molecule has 100 valence electrons. The van der Waals surface area contributed by atoms with Crippen LogP contribution in [-0.2, 0) is 6.54 Å². The van der Waals surface area contributed by atoms with Gasteiger partial charge in [-0.3, -0.25) is 0 Å². The van der Waals surface area contributed by atoms with Crippen molar-refractivity contribution < 1.29 is 14.3 Å². The number of carbonyl (C=O) groups is 1. The van der Waals surface area contributed by atoms with Gasteiger partial charge in [0.25, 0.3) is 0 Å². The largest absolute Gasteiger partial charge is 0.475 e. The van der Waals surface area contributed by atoms with Crippen LogP contribution in [-0.4, -0.2) is 41.7 Å². The van der Waals surface area contributed by atoms with Crippen molar-refractivity contribution in [3.05, 3.63) is 23.7 Å². The summed E-state index contributed by atoms with van der Waals surface area (Å²) in [6, 6.07) is 2.05. The summed E-state index contributed by atoms with van der Waals surface area (Å²) in [6.45, 7) is 6.03. The second-order valence-corrected chi connectivity index (χ2v) is 4.87. The summed E-state index contributed by atoms with van der Waals surface area (Å²) in [5.74, 6) is -0.972. The minimum absolute atomic E-state index is 0.0378. The number of furan rings is 1. The highest BCUT2D eigenvalue weighted by Crippen LogP contribution is 2.11. The van der Waals surface area contributed by atoms with Gasteiger partial charge in [0.15, 0.2) is 0 Å². The van der Waals surface area contributed by atoms with Crippen molar-refractivity contribution in [3.8, 4) is 0 Å². The van der Waals surface area contributed by atoms with Crippen molar-refractivity contribution in [3.63, 3.8) is 0 Å². The van der Waals surface area contributed by atoms with E-state index in [4.69, 9.17) is 9.52 Å². The number of carboxylic acid groups (broad SMARTS) is 1. The van der Waals surface area contributed by atoms with Crippen LogP contribution in [0.5, 0.6) is 0 Å². The first-order valence-corrected chi connectivity index (χ1v) is 6.42. The van der Waals surface area contributed by atoms with E-state index in [1.165, 1.54) is 32.2 Å². The number of hydrogen-bond acceptors (Lipinski definition) is 4. The van der Waals surface area contributed by atoms with Crippen molar-refractivity contribution in [2.75, 3.05) is 19.6 Å². The van der Waals surface area contributed by atoms with Crippen molar-refractivity contribution in [2.45, 2.75) is 32.4 Å². The van der Waals surface area contributed by atoms with Gasteiger partial charge < -0.3 is 19.7 Å². The number of aromatic carboxylic acids is 1. The number of likely N-dealkylation sites (tertiary alicyclic amines) is 1. The molecule has 0 bridgehead atoms. The van der Waals surface area contributed by atoms with E-state index in [0.717, 1.165) is 6.54 Å². The van der Waals surface area contributed by atoms with E-state index in [-0.39, 0.29) is 5.76 Å². The molecule has 1 aromatic heterocycles. The van der Waals surface area contributed by atoms with Gasteiger partial charge in [-0.15, -0.1) is 0 Å². The quantitative estimate of drug-likeness (QED) is 0.804. The zero-order valence-corrected chi connectivity index (χ0v) is 10.7. The number of hydrogen-bond donors (Lipinski definition) is 2. The predicted molar refractivity (Wildman–Crippen MR) is 67.6 cm³/mol. The zero-order valence-electron chi connectivity index (χ0n) is 10.7. The molecule has 5 nitrogen and oxygen atoms in total. The van der Waals surface area contributed by atoms with E-state index in [1.807, 2.05) is 0 Å². The Kier molecular flexibility index (Phi) is 4.38. The third-order valence-corrected chi connectivity index (χ3v) is 3.31. The Morgan fingerprint density at radius 1 is 1.56 bits per heavy atom. The van der Waals surface area contributed by atoms with Gasteiger partial charge in [-0.05, 0) is 38.9 Å². The maximum absolute atomic E-state index is 10.9. The monoisotopic (exact) mass is 252 g/mol. The molecule has 0 spiro atoms. The molecule has 0 saturated carbocycles. The minimum atomic E-state index is -1.01. The Hall–Kier alpha value is -1.33. The molecule has 0 amide bonds. The number of carboxylic acids is 1. The molecule has 2 N–H and O–H groups in total. The maximum Gasteiger partial charge on any atom is 0.372 e. The fourth-order valence-electron chi connectivity index (χ4n) is 2.36. The van der Waals surface area contributed by atoms with Crippen molar-refractivity contribution >= 4 is 5.97 Å². The molecular formula is C13H20N2O3. The molecule has 5 heteroatoms. The summed E-state index contributed by atoms with van der Waals surface area (Å²) in [5.41, 5.74) is 0.704. The van der Waals surface area contributed by atoms with Crippen LogP contribution in [0, 0.1) is 0 Å². The fourth-order valence-corrected chi connectivity index (χ4v) is 2.36. The van der Waals surface area contributed by atoms with Gasteiger partial charge in [0, 0.05) is 24.7 Å². The van der Waals surface area contributed by atoms with Gasteiger partial charge in [0.1, 0.15) is 0 Å². The third-order valence-electron chi connectivity index (χ3n) is 3.31. The average molecular weight is 252 g/mol. The summed E-state index contributed by atoms with van der Waals surface area (Å²) < 4.78 is 4.94. The molecule has 1 fully saturated rings. The molecule has 1 atom stereocenters. The fraction of sp³-hybridized carbons (Fsp3) is 0.615. The zero-order chi connectivity index (χ0) is 13.0. The first-order chi connectivity index (χ1) is 8.66. The van der Waals surface area contributed by atoms with E-state index < -0.39 is 5.97 Å². The minimum Gasteiger partial charge on any atom is -0.475 e. The molecule has 2 heterocycles. The van der Waals surface area contributed by atoms with Crippen LogP contribution in [0.4, 0.5) is 0 Å². The van der Waals surface area contributed by atoms with Crippen LogP contribution < -0.4 is 5.32 Å². The Morgan fingerprint density at radius 2 is 2.28 bits per heavy atom. The first-order valence-electron chi connectivity index (χ1n) is 6.42. The Labute approximate surface area is 107 Å². The SMILES string of the molecule is CC(CN1CCCC1)NCc1ccoc1C(=O)O. The molecule has 1 saturated heterocycles. The van der Waals surface area contributed by atoms with Gasteiger partial charge in [-0.2, -0.15) is 0 Å². The Balaban J connectivity index is 1.79. The second-order valence-electron chi connectivity index (χ2n) is 4.87. The highest BCUT2D eigenvalue weighted by Gasteiger charge is 2.16. The molecular weight excluding hydrogens is 232 g/mol. The summed E-state index contributed by atoms with van der Waals surface area (Å²) in [5, 5.41) is 12.3. The van der Waals surface area contributed by atoms with Gasteiger partial charge in [-0.1, -0.05) is 0 Å². The second kappa shape index (κ2) is 6.02. The van der Waals surface area contributed by atoms with E-state index in [1.54, 1.807) is 6.07 Å². The van der Waals surface area contributed by atoms with Crippen LogP contribution in [0.2, 0.25) is 0 Å². The molecule has 1 aliphatic rings. The number of nitrogens with zero attached hydrogens (tertiary/aromatic N) is 1. The van der Waals surface area contributed by atoms with Gasteiger partial charge in [0.2, 0.25) is 5.76 Å². The molecule has 1 unspecified atom stereocenters. The summed E-state index contributed by atoms with van der Waals surface area (Å²) in [4.78, 5) is 13.3. The molecule has 18 heavy (non-hydrogen) atoms. The first kappa shape index (κ1) is 13.1. The number of nitrogens with one attached hydrogen (secondary N) is 1. The van der Waals surface area contributed by atoms with Gasteiger partial charge >= 0.3 is 5.97 Å². The lowest BCUT2D eigenvalue weighted by atomic mass is 10.2. The van der Waals surface area contributed by atoms with Crippen LogP contribution in [0.1, 0.15) is 35.9 Å². The van der Waals surface area contributed by atoms with E-state index in [2.05, 4.69) is 17.1 Å². The molecule has 0 aliphatic carbocycles. The van der Waals surface area contributed by atoms with Crippen molar-refractivity contribution in [1.29, 1.82) is 0 Å². The van der Waals surface area contributed by atoms with Crippen molar-refractivity contribution in [1.82, 2.24) is 10.2 Å². The lowest BCUT2D eigenvalue weighted by molar-refractivity contribution is 0.0660. The summed E-state index contributed by atoms with van der Waals surface area (Å²) in [6.07, 6.45) is 4.00. The van der Waals surface area contributed by atoms with E-state index in [9.17, 15) is 4.79 Å². The summed E-state index contributed by atoms with van der Waals surface area (Å²) in [7, 11) is 0. The molecule has 0 radical (unpaired) electrons. The predicted octanol–water partition coefficient (Wildman–Crippen LogP) is 1.55. The van der Waals surface area contributed by atoms with Crippen LogP contribution in [0.3, 0.4) is 0 Å². The van der Waals surface area contributed by atoms with Crippen LogP contribution in [0.15, 0.2) is 16.7 Å². The smallest absolute Gasteiger partial charge is 0.372 e. The Morgan fingerprint density at radius 3 is 2.94 bits per heavy atom. The maximum atomic E-state index is 10.9. The highest BCUT2D eigenvalue weighted by atomic mass is 16.4. The van der Waals surface area contributed by atoms with E-state index >= 15 is 0 Å². The van der Waals surface area contributed by atoms with E-state index in [0.29, 0.717) is 18.2 Å². The molecule has 2 rings (SSSR count). The molecule has 1 aliphatic heterocycles. The third kappa shape index (κ3) is 3.34. The number of rotatable bonds is 6. The highest BCUT2D eigenvalue weighted by molar-refractivity contribution is 5.86. The average Bonchev–Trinajstić information content (AvgIpc) is 2.96.